The van der Waals surface area contributed by atoms with Gasteiger partial charge in [0, 0.05) is 0 Å². The van der Waals surface area contributed by atoms with Gasteiger partial charge in [-0.15, -0.1) is 0 Å². The number of hydrogen-bond donors (Lipinski definition) is 1. The van der Waals surface area contributed by atoms with E-state index in [1.807, 2.05) is 42.5 Å². The molecule has 0 aromatic heterocycles. The summed E-state index contributed by atoms with van der Waals surface area (Å²) >= 11 is 0. The normalized spacial score (nSPS) is 11.5. The summed E-state index contributed by atoms with van der Waals surface area (Å²) in [7, 11) is 1.56. The van der Waals surface area contributed by atoms with E-state index in [2.05, 4.69) is 10.5 Å². The molecule has 6 heteroatoms. The number of hydrazone groups is 1. The van der Waals surface area contributed by atoms with Crippen LogP contribution >= 0.6 is 0 Å². The van der Waals surface area contributed by atoms with Gasteiger partial charge in [-0.25, -0.2) is 5.43 Å². The van der Waals surface area contributed by atoms with E-state index >= 15 is 0 Å². The van der Waals surface area contributed by atoms with Crippen LogP contribution in [-0.4, -0.2) is 19.2 Å². The van der Waals surface area contributed by atoms with Crippen molar-refractivity contribution in [2.24, 2.45) is 5.10 Å². The van der Waals surface area contributed by atoms with Crippen LogP contribution in [0, 0.1) is 11.3 Å². The maximum atomic E-state index is 12.3. The molecule has 0 bridgehead atoms. The highest BCUT2D eigenvalue weighted by atomic mass is 16.5. The van der Waals surface area contributed by atoms with Crippen LogP contribution in [0.3, 0.4) is 0 Å². The Morgan fingerprint density at radius 1 is 1.07 bits per heavy atom. The SMILES string of the molecule is COc1cc(/C=N\NC(=O)[C@@H](C#N)c2ccccc2)ccc1OCc1ccccc1. The van der Waals surface area contributed by atoms with Crippen molar-refractivity contribution >= 4 is 12.1 Å². The molecule has 0 spiro atoms. The lowest BCUT2D eigenvalue weighted by atomic mass is 10.0. The number of rotatable bonds is 8. The van der Waals surface area contributed by atoms with E-state index in [0.717, 1.165) is 5.56 Å². The van der Waals surface area contributed by atoms with Crippen LogP contribution in [0.4, 0.5) is 0 Å². The highest BCUT2D eigenvalue weighted by Crippen LogP contribution is 2.28. The van der Waals surface area contributed by atoms with E-state index in [1.165, 1.54) is 6.21 Å². The van der Waals surface area contributed by atoms with Gasteiger partial charge in [-0.2, -0.15) is 10.4 Å². The fraction of sp³-hybridized carbons (Fsp3) is 0.125. The highest BCUT2D eigenvalue weighted by Gasteiger charge is 2.19. The standard InChI is InChI=1S/C24H21N3O3/c1-29-23-14-19(12-13-22(23)30-17-18-8-4-2-5-9-18)16-26-27-24(28)21(15-25)20-10-6-3-7-11-20/h2-14,16,21H,17H2,1H3,(H,27,28)/b26-16-/t21-/m0/s1. The molecule has 6 nitrogen and oxygen atoms in total. The molecule has 0 saturated carbocycles. The van der Waals surface area contributed by atoms with Crippen molar-refractivity contribution in [2.45, 2.75) is 12.5 Å². The second-order valence-electron chi connectivity index (χ2n) is 6.39. The zero-order valence-electron chi connectivity index (χ0n) is 16.5. The van der Waals surface area contributed by atoms with E-state index in [4.69, 9.17) is 9.47 Å². The Hall–Kier alpha value is -4.11. The molecule has 0 radical (unpaired) electrons. The topological polar surface area (TPSA) is 83.7 Å². The van der Waals surface area contributed by atoms with Crippen molar-refractivity contribution in [3.8, 4) is 17.6 Å². The van der Waals surface area contributed by atoms with Crippen molar-refractivity contribution in [1.29, 1.82) is 5.26 Å². The van der Waals surface area contributed by atoms with Crippen LogP contribution in [0.1, 0.15) is 22.6 Å². The van der Waals surface area contributed by atoms with Gasteiger partial charge in [0.2, 0.25) is 0 Å². The average molecular weight is 399 g/mol. The van der Waals surface area contributed by atoms with Gasteiger partial charge >= 0.3 is 0 Å². The predicted molar refractivity (Wildman–Crippen MR) is 114 cm³/mol. The fourth-order valence-electron chi connectivity index (χ4n) is 2.78. The van der Waals surface area contributed by atoms with Crippen molar-refractivity contribution < 1.29 is 14.3 Å². The summed E-state index contributed by atoms with van der Waals surface area (Å²) in [6, 6.07) is 26.0. The number of methoxy groups -OCH3 is 1. The number of carbonyl (C=O) groups is 1. The lowest BCUT2D eigenvalue weighted by molar-refractivity contribution is -0.121. The molecule has 0 heterocycles. The number of carbonyl (C=O) groups excluding carboxylic acids is 1. The molecule has 0 aliphatic rings. The first kappa shape index (κ1) is 20.6. The second-order valence-corrected chi connectivity index (χ2v) is 6.39. The van der Waals surface area contributed by atoms with E-state index in [1.54, 1.807) is 49.6 Å². The Kier molecular flexibility index (Phi) is 7.17. The fourth-order valence-corrected chi connectivity index (χ4v) is 2.78. The first-order valence-corrected chi connectivity index (χ1v) is 9.33. The average Bonchev–Trinajstić information content (AvgIpc) is 2.80. The maximum Gasteiger partial charge on any atom is 0.261 e. The largest absolute Gasteiger partial charge is 0.493 e. The van der Waals surface area contributed by atoms with Gasteiger partial charge in [-0.05, 0) is 34.9 Å². The maximum absolute atomic E-state index is 12.3. The van der Waals surface area contributed by atoms with Gasteiger partial charge in [0.1, 0.15) is 6.61 Å². The summed E-state index contributed by atoms with van der Waals surface area (Å²) in [5.41, 5.74) is 4.80. The highest BCUT2D eigenvalue weighted by molar-refractivity contribution is 5.88. The third-order valence-corrected chi connectivity index (χ3v) is 4.34. The molecule has 0 unspecified atom stereocenters. The number of amides is 1. The molecular weight excluding hydrogens is 378 g/mol. The van der Waals surface area contributed by atoms with Crippen LogP contribution < -0.4 is 14.9 Å². The van der Waals surface area contributed by atoms with Gasteiger partial charge in [0.25, 0.3) is 5.91 Å². The molecule has 30 heavy (non-hydrogen) atoms. The minimum Gasteiger partial charge on any atom is -0.493 e. The number of nitrogens with zero attached hydrogens (tertiary/aromatic N) is 2. The first-order valence-electron chi connectivity index (χ1n) is 9.33. The number of hydrogen-bond acceptors (Lipinski definition) is 5. The number of nitriles is 1. The van der Waals surface area contributed by atoms with Crippen LogP contribution in [-0.2, 0) is 11.4 Å². The summed E-state index contributed by atoms with van der Waals surface area (Å²) in [4.78, 5) is 12.3. The Morgan fingerprint density at radius 2 is 1.77 bits per heavy atom. The molecule has 0 aliphatic carbocycles. The summed E-state index contributed by atoms with van der Waals surface area (Å²) in [6.07, 6.45) is 1.49. The molecule has 3 rings (SSSR count). The molecule has 3 aromatic carbocycles. The van der Waals surface area contributed by atoms with E-state index < -0.39 is 11.8 Å². The van der Waals surface area contributed by atoms with Crippen LogP contribution in [0.15, 0.2) is 84.0 Å². The number of ether oxygens (including phenoxy) is 2. The molecule has 0 saturated heterocycles. The van der Waals surface area contributed by atoms with Gasteiger partial charge < -0.3 is 9.47 Å². The van der Waals surface area contributed by atoms with Crippen molar-refractivity contribution in [3.05, 3.63) is 95.6 Å². The molecule has 150 valence electrons. The Morgan fingerprint density at radius 3 is 2.43 bits per heavy atom. The van der Waals surface area contributed by atoms with Gasteiger partial charge in [-0.1, -0.05) is 60.7 Å². The van der Waals surface area contributed by atoms with Gasteiger partial charge in [-0.3, -0.25) is 4.79 Å². The predicted octanol–water partition coefficient (Wildman–Crippen LogP) is 4.03. The second kappa shape index (κ2) is 10.4. The minimum atomic E-state index is -0.924. The van der Waals surface area contributed by atoms with Crippen molar-refractivity contribution in [2.75, 3.05) is 7.11 Å². The third kappa shape index (κ3) is 5.46. The van der Waals surface area contributed by atoms with Crippen LogP contribution in [0.2, 0.25) is 0 Å². The van der Waals surface area contributed by atoms with E-state index in [0.29, 0.717) is 29.2 Å². The zero-order chi connectivity index (χ0) is 21.2. The zero-order valence-corrected chi connectivity index (χ0v) is 16.5. The molecule has 3 aromatic rings. The van der Waals surface area contributed by atoms with Crippen molar-refractivity contribution in [3.63, 3.8) is 0 Å². The number of nitrogens with one attached hydrogen (secondary N) is 1. The monoisotopic (exact) mass is 399 g/mol. The first-order chi connectivity index (χ1) is 14.7. The minimum absolute atomic E-state index is 0.426. The van der Waals surface area contributed by atoms with Crippen LogP contribution in [0.5, 0.6) is 11.5 Å². The van der Waals surface area contributed by atoms with Crippen LogP contribution in [0.25, 0.3) is 0 Å². The molecule has 0 aliphatic heterocycles. The molecule has 1 atom stereocenters. The van der Waals surface area contributed by atoms with E-state index in [-0.39, 0.29) is 0 Å². The Balaban J connectivity index is 1.62. The quantitative estimate of drug-likeness (QED) is 0.458. The summed E-state index contributed by atoms with van der Waals surface area (Å²) in [5, 5.41) is 13.3. The number of benzene rings is 3. The molecule has 1 N–H and O–H groups in total. The smallest absolute Gasteiger partial charge is 0.261 e. The molecular formula is C24H21N3O3. The molecule has 0 fully saturated rings. The van der Waals surface area contributed by atoms with Gasteiger partial charge in [0.15, 0.2) is 17.4 Å². The molecule has 1 amide bonds. The van der Waals surface area contributed by atoms with E-state index in [9.17, 15) is 10.1 Å². The van der Waals surface area contributed by atoms with Gasteiger partial charge in [0.05, 0.1) is 19.4 Å². The van der Waals surface area contributed by atoms with Crippen molar-refractivity contribution in [1.82, 2.24) is 5.43 Å². The Bertz CT molecular complexity index is 1040. The lowest BCUT2D eigenvalue weighted by Gasteiger charge is -2.11. The summed E-state index contributed by atoms with van der Waals surface area (Å²) in [5.74, 6) is -0.252. The summed E-state index contributed by atoms with van der Waals surface area (Å²) < 4.78 is 11.2. The lowest BCUT2D eigenvalue weighted by Crippen LogP contribution is -2.24. The Labute approximate surface area is 175 Å². The third-order valence-electron chi connectivity index (χ3n) is 4.34. The summed E-state index contributed by atoms with van der Waals surface area (Å²) in [6.45, 7) is 0.426.